The maximum absolute atomic E-state index is 12.1. The molecule has 3 rings (SSSR count). The van der Waals surface area contributed by atoms with E-state index in [4.69, 9.17) is 0 Å². The van der Waals surface area contributed by atoms with Gasteiger partial charge in [-0.2, -0.15) is 5.10 Å². The number of aromatic nitrogens is 2. The molecule has 2 heterocycles. The highest BCUT2D eigenvalue weighted by Crippen LogP contribution is 2.21. The summed E-state index contributed by atoms with van der Waals surface area (Å²) < 4.78 is 0. The summed E-state index contributed by atoms with van der Waals surface area (Å²) in [5, 5.41) is 9.98. The van der Waals surface area contributed by atoms with Crippen molar-refractivity contribution in [2.75, 3.05) is 19.6 Å². The highest BCUT2D eigenvalue weighted by molar-refractivity contribution is 5.94. The van der Waals surface area contributed by atoms with Gasteiger partial charge in [0.1, 0.15) is 0 Å². The molecule has 2 aliphatic rings. The quantitative estimate of drug-likeness (QED) is 0.847. The van der Waals surface area contributed by atoms with Gasteiger partial charge in [0, 0.05) is 37.3 Å². The van der Waals surface area contributed by atoms with E-state index in [0.717, 1.165) is 49.9 Å². The van der Waals surface area contributed by atoms with Crippen molar-refractivity contribution in [3.63, 3.8) is 0 Å². The van der Waals surface area contributed by atoms with E-state index >= 15 is 0 Å². The third-order valence-corrected chi connectivity index (χ3v) is 4.11. The molecule has 6 heteroatoms. The van der Waals surface area contributed by atoms with Crippen LogP contribution in [-0.2, 0) is 17.6 Å². The molecule has 0 unspecified atom stereocenters. The van der Waals surface area contributed by atoms with Gasteiger partial charge >= 0.3 is 0 Å². The third-order valence-electron chi connectivity index (χ3n) is 4.11. The second-order valence-electron chi connectivity index (χ2n) is 5.48. The minimum Gasteiger partial charge on any atom is -0.349 e. The predicted octanol–water partition coefficient (Wildman–Crippen LogP) is 0.641. The molecule has 2 amide bonds. The minimum atomic E-state index is -0.129. The van der Waals surface area contributed by atoms with Crippen LogP contribution >= 0.6 is 0 Å². The van der Waals surface area contributed by atoms with Gasteiger partial charge in [0.25, 0.3) is 5.91 Å². The van der Waals surface area contributed by atoms with Crippen molar-refractivity contribution in [3.05, 3.63) is 17.0 Å². The SMILES string of the molecule is O=C(NCCN1CCCC1=O)c1n[nH]c2c1CCCC2. The summed E-state index contributed by atoms with van der Waals surface area (Å²) in [5.41, 5.74) is 2.72. The molecule has 1 saturated heterocycles. The number of hydrogen-bond donors (Lipinski definition) is 2. The average Bonchev–Trinajstić information content (AvgIpc) is 3.05. The number of carbonyl (C=O) groups excluding carboxylic acids is 2. The number of aryl methyl sites for hydroxylation is 1. The monoisotopic (exact) mass is 276 g/mol. The molecule has 1 aliphatic carbocycles. The molecule has 20 heavy (non-hydrogen) atoms. The van der Waals surface area contributed by atoms with Crippen LogP contribution in [-0.4, -0.2) is 46.5 Å². The average molecular weight is 276 g/mol. The van der Waals surface area contributed by atoms with Crippen molar-refractivity contribution in [1.82, 2.24) is 20.4 Å². The fraction of sp³-hybridized carbons (Fsp3) is 0.643. The Morgan fingerprint density at radius 1 is 1.25 bits per heavy atom. The molecule has 6 nitrogen and oxygen atoms in total. The molecule has 1 fully saturated rings. The van der Waals surface area contributed by atoms with Crippen molar-refractivity contribution in [2.24, 2.45) is 0 Å². The number of likely N-dealkylation sites (tertiary alicyclic amines) is 1. The summed E-state index contributed by atoms with van der Waals surface area (Å²) in [5.74, 6) is 0.0624. The van der Waals surface area contributed by atoms with E-state index in [1.807, 2.05) is 0 Å². The van der Waals surface area contributed by atoms with Gasteiger partial charge in [0.2, 0.25) is 5.91 Å². The van der Waals surface area contributed by atoms with Crippen LogP contribution in [0.5, 0.6) is 0 Å². The van der Waals surface area contributed by atoms with E-state index in [2.05, 4.69) is 15.5 Å². The maximum Gasteiger partial charge on any atom is 0.272 e. The van der Waals surface area contributed by atoms with Crippen LogP contribution in [0.15, 0.2) is 0 Å². The van der Waals surface area contributed by atoms with Gasteiger partial charge in [0.05, 0.1) is 0 Å². The first-order chi connectivity index (χ1) is 9.75. The lowest BCUT2D eigenvalue weighted by Crippen LogP contribution is -2.36. The fourth-order valence-corrected chi connectivity index (χ4v) is 3.00. The molecular weight excluding hydrogens is 256 g/mol. The highest BCUT2D eigenvalue weighted by atomic mass is 16.2. The number of fused-ring (bicyclic) bond motifs is 1. The normalized spacial score (nSPS) is 18.2. The fourth-order valence-electron chi connectivity index (χ4n) is 3.00. The largest absolute Gasteiger partial charge is 0.349 e. The van der Waals surface area contributed by atoms with Gasteiger partial charge in [-0.3, -0.25) is 14.7 Å². The van der Waals surface area contributed by atoms with E-state index < -0.39 is 0 Å². The summed E-state index contributed by atoms with van der Waals surface area (Å²) in [6.45, 7) is 1.90. The number of hydrogen-bond acceptors (Lipinski definition) is 3. The van der Waals surface area contributed by atoms with Crippen LogP contribution in [0.3, 0.4) is 0 Å². The summed E-state index contributed by atoms with van der Waals surface area (Å²) in [6, 6.07) is 0. The number of carbonyl (C=O) groups is 2. The number of nitrogens with zero attached hydrogens (tertiary/aromatic N) is 2. The van der Waals surface area contributed by atoms with E-state index in [0.29, 0.717) is 25.2 Å². The summed E-state index contributed by atoms with van der Waals surface area (Å²) in [6.07, 6.45) is 5.76. The lowest BCUT2D eigenvalue weighted by atomic mass is 9.96. The molecule has 0 aromatic carbocycles. The second-order valence-corrected chi connectivity index (χ2v) is 5.48. The van der Waals surface area contributed by atoms with Gasteiger partial charge in [0.15, 0.2) is 5.69 Å². The van der Waals surface area contributed by atoms with E-state index in [1.165, 1.54) is 0 Å². The number of rotatable bonds is 4. The van der Waals surface area contributed by atoms with Crippen LogP contribution in [0.4, 0.5) is 0 Å². The van der Waals surface area contributed by atoms with Crippen LogP contribution < -0.4 is 5.32 Å². The Morgan fingerprint density at radius 2 is 2.10 bits per heavy atom. The van der Waals surface area contributed by atoms with Gasteiger partial charge in [-0.1, -0.05) is 0 Å². The molecule has 0 radical (unpaired) electrons. The molecule has 108 valence electrons. The van der Waals surface area contributed by atoms with Gasteiger partial charge in [-0.25, -0.2) is 0 Å². The molecule has 0 saturated carbocycles. The van der Waals surface area contributed by atoms with Crippen molar-refractivity contribution >= 4 is 11.8 Å². The molecule has 2 N–H and O–H groups in total. The first-order valence-corrected chi connectivity index (χ1v) is 7.38. The van der Waals surface area contributed by atoms with Crippen molar-refractivity contribution < 1.29 is 9.59 Å². The molecule has 1 aliphatic heterocycles. The van der Waals surface area contributed by atoms with E-state index in [9.17, 15) is 9.59 Å². The lowest BCUT2D eigenvalue weighted by Gasteiger charge is -2.15. The Balaban J connectivity index is 1.54. The molecule has 1 aromatic rings. The summed E-state index contributed by atoms with van der Waals surface area (Å²) in [7, 11) is 0. The van der Waals surface area contributed by atoms with Crippen molar-refractivity contribution in [2.45, 2.75) is 38.5 Å². The zero-order valence-corrected chi connectivity index (χ0v) is 11.6. The van der Waals surface area contributed by atoms with Crippen LogP contribution in [0.1, 0.15) is 47.4 Å². The number of amides is 2. The Hall–Kier alpha value is -1.85. The molecule has 0 bridgehead atoms. The Bertz CT molecular complexity index is 523. The summed E-state index contributed by atoms with van der Waals surface area (Å²) in [4.78, 5) is 25.4. The molecular formula is C14H20N4O2. The Labute approximate surface area is 117 Å². The maximum atomic E-state index is 12.1. The first-order valence-electron chi connectivity index (χ1n) is 7.38. The first kappa shape index (κ1) is 13.1. The van der Waals surface area contributed by atoms with Gasteiger partial charge in [-0.05, 0) is 32.1 Å². The smallest absolute Gasteiger partial charge is 0.272 e. The van der Waals surface area contributed by atoms with Crippen LogP contribution in [0.25, 0.3) is 0 Å². The Morgan fingerprint density at radius 3 is 2.90 bits per heavy atom. The number of aromatic amines is 1. The molecule has 0 atom stereocenters. The Kier molecular flexibility index (Phi) is 3.71. The van der Waals surface area contributed by atoms with Crippen molar-refractivity contribution in [3.8, 4) is 0 Å². The standard InChI is InChI=1S/C14H20N4O2/c19-12-6-3-8-18(12)9-7-15-14(20)13-10-4-1-2-5-11(10)16-17-13/h1-9H2,(H,15,20)(H,16,17). The van der Waals surface area contributed by atoms with E-state index in [-0.39, 0.29) is 11.8 Å². The van der Waals surface area contributed by atoms with E-state index in [1.54, 1.807) is 4.90 Å². The number of nitrogens with one attached hydrogen (secondary N) is 2. The predicted molar refractivity (Wildman–Crippen MR) is 73.4 cm³/mol. The third kappa shape index (κ3) is 2.55. The molecule has 0 spiro atoms. The van der Waals surface area contributed by atoms with Gasteiger partial charge in [-0.15, -0.1) is 0 Å². The van der Waals surface area contributed by atoms with Crippen molar-refractivity contribution in [1.29, 1.82) is 0 Å². The van der Waals surface area contributed by atoms with Crippen LogP contribution in [0.2, 0.25) is 0 Å². The lowest BCUT2D eigenvalue weighted by molar-refractivity contribution is -0.127. The zero-order valence-electron chi connectivity index (χ0n) is 11.6. The van der Waals surface area contributed by atoms with Crippen LogP contribution in [0, 0.1) is 0 Å². The number of H-pyrrole nitrogens is 1. The minimum absolute atomic E-state index is 0.129. The van der Waals surface area contributed by atoms with Gasteiger partial charge < -0.3 is 10.2 Å². The molecule has 1 aromatic heterocycles. The zero-order chi connectivity index (χ0) is 13.9. The highest BCUT2D eigenvalue weighted by Gasteiger charge is 2.22. The summed E-state index contributed by atoms with van der Waals surface area (Å²) >= 11 is 0. The topological polar surface area (TPSA) is 78.1 Å². The second kappa shape index (κ2) is 5.64.